The van der Waals surface area contributed by atoms with Gasteiger partial charge in [0.25, 0.3) is 0 Å². The standard InChI is InChI=1S/C15H32N4/c1-7-15(19(5)6)10-11-16-13-17-14(2)9-8-12-18(3)4/h14-15H,7-12H2,1-6H3. The fourth-order valence-electron chi connectivity index (χ4n) is 2.00. The molecule has 4 heteroatoms. The fraction of sp³-hybridized carbons (Fsp3) is 0.933. The summed E-state index contributed by atoms with van der Waals surface area (Å²) in [6, 6.07) is 3.81. The number of rotatable bonds is 10. The molecule has 112 valence electrons. The maximum Gasteiger partial charge on any atom is 0.0895 e. The van der Waals surface area contributed by atoms with Gasteiger partial charge in [0, 0.05) is 6.04 Å². The Bertz CT molecular complexity index is 267. The van der Waals surface area contributed by atoms with Gasteiger partial charge in [-0.25, -0.2) is 9.98 Å². The Morgan fingerprint density at radius 1 is 1.11 bits per heavy atom. The van der Waals surface area contributed by atoms with Crippen LogP contribution in [0.4, 0.5) is 0 Å². The molecule has 0 rings (SSSR count). The molecule has 0 heterocycles. The van der Waals surface area contributed by atoms with Crippen LogP contribution in [0.5, 0.6) is 0 Å². The zero-order valence-electron chi connectivity index (χ0n) is 13.7. The number of nitrogens with zero attached hydrogens (tertiary/aromatic N) is 4. The van der Waals surface area contributed by atoms with Crippen molar-refractivity contribution in [3.63, 3.8) is 0 Å². The van der Waals surface area contributed by atoms with E-state index in [1.54, 1.807) is 0 Å². The molecular formula is C15H32N4. The van der Waals surface area contributed by atoms with Crippen LogP contribution in [0.2, 0.25) is 0 Å². The number of hydrogen-bond acceptors (Lipinski definition) is 4. The van der Waals surface area contributed by atoms with Crippen molar-refractivity contribution in [1.29, 1.82) is 0 Å². The van der Waals surface area contributed by atoms with E-state index < -0.39 is 0 Å². The van der Waals surface area contributed by atoms with Crippen LogP contribution >= 0.6 is 0 Å². The molecule has 0 spiro atoms. The van der Waals surface area contributed by atoms with Gasteiger partial charge in [0.2, 0.25) is 0 Å². The summed E-state index contributed by atoms with van der Waals surface area (Å²) in [4.78, 5) is 13.1. The summed E-state index contributed by atoms with van der Waals surface area (Å²) in [7, 11) is 8.45. The third-order valence-corrected chi connectivity index (χ3v) is 3.35. The molecule has 0 aliphatic heterocycles. The first-order valence-corrected chi connectivity index (χ1v) is 7.39. The van der Waals surface area contributed by atoms with Gasteiger partial charge in [0.15, 0.2) is 0 Å². The lowest BCUT2D eigenvalue weighted by atomic mass is 10.1. The van der Waals surface area contributed by atoms with Crippen molar-refractivity contribution >= 4 is 6.01 Å². The summed E-state index contributed by atoms with van der Waals surface area (Å²) in [5.74, 6) is 0. The number of hydrogen-bond donors (Lipinski definition) is 0. The highest BCUT2D eigenvalue weighted by atomic mass is 15.1. The van der Waals surface area contributed by atoms with Crippen LogP contribution in [-0.4, -0.2) is 69.2 Å². The molecule has 0 radical (unpaired) electrons. The van der Waals surface area contributed by atoms with E-state index >= 15 is 0 Å². The van der Waals surface area contributed by atoms with E-state index in [0.29, 0.717) is 12.1 Å². The maximum atomic E-state index is 4.34. The average Bonchev–Trinajstić information content (AvgIpc) is 2.32. The fourth-order valence-corrected chi connectivity index (χ4v) is 2.00. The van der Waals surface area contributed by atoms with Crippen LogP contribution in [-0.2, 0) is 0 Å². The van der Waals surface area contributed by atoms with Gasteiger partial charge in [-0.3, -0.25) is 0 Å². The minimum atomic E-state index is 0.333. The van der Waals surface area contributed by atoms with Crippen LogP contribution in [0, 0.1) is 0 Å². The summed E-state index contributed by atoms with van der Waals surface area (Å²) in [5, 5.41) is 0. The van der Waals surface area contributed by atoms with Crippen LogP contribution in [0.15, 0.2) is 9.98 Å². The van der Waals surface area contributed by atoms with Crippen molar-refractivity contribution in [2.75, 3.05) is 41.3 Å². The van der Waals surface area contributed by atoms with Gasteiger partial charge in [-0.2, -0.15) is 0 Å². The van der Waals surface area contributed by atoms with Crippen molar-refractivity contribution in [1.82, 2.24) is 9.80 Å². The van der Waals surface area contributed by atoms with Gasteiger partial charge in [-0.1, -0.05) is 6.92 Å². The Labute approximate surface area is 119 Å². The SMILES string of the molecule is CCC(CCN=C=NC(C)CCCN(C)C)N(C)C. The molecule has 4 nitrogen and oxygen atoms in total. The first-order valence-electron chi connectivity index (χ1n) is 7.39. The lowest BCUT2D eigenvalue weighted by molar-refractivity contribution is 0.274. The van der Waals surface area contributed by atoms with Gasteiger partial charge < -0.3 is 9.80 Å². The topological polar surface area (TPSA) is 31.2 Å². The van der Waals surface area contributed by atoms with Gasteiger partial charge in [-0.15, -0.1) is 0 Å². The lowest BCUT2D eigenvalue weighted by Crippen LogP contribution is -2.27. The molecule has 0 aromatic rings. The zero-order valence-corrected chi connectivity index (χ0v) is 13.7. The summed E-state index contributed by atoms with van der Waals surface area (Å²) >= 11 is 0. The third-order valence-electron chi connectivity index (χ3n) is 3.35. The normalized spacial score (nSPS) is 14.3. The Morgan fingerprint density at radius 3 is 2.32 bits per heavy atom. The van der Waals surface area contributed by atoms with Crippen molar-refractivity contribution in [2.45, 2.75) is 51.6 Å². The zero-order chi connectivity index (χ0) is 14.7. The first kappa shape index (κ1) is 18.3. The second kappa shape index (κ2) is 11.2. The first-order chi connectivity index (χ1) is 8.97. The Kier molecular flexibility index (Phi) is 10.7. The van der Waals surface area contributed by atoms with Gasteiger partial charge in [-0.05, 0) is 67.3 Å². The minimum Gasteiger partial charge on any atom is -0.309 e. The average molecular weight is 268 g/mol. The molecule has 0 aromatic carbocycles. The van der Waals surface area contributed by atoms with Crippen molar-refractivity contribution in [3.8, 4) is 0 Å². The van der Waals surface area contributed by atoms with Crippen molar-refractivity contribution in [3.05, 3.63) is 0 Å². The summed E-state index contributed by atoms with van der Waals surface area (Å²) in [6.45, 7) is 6.30. The second-order valence-corrected chi connectivity index (χ2v) is 5.72. The van der Waals surface area contributed by atoms with Gasteiger partial charge in [0.1, 0.15) is 0 Å². The summed E-state index contributed by atoms with van der Waals surface area (Å²) in [6.07, 6.45) is 4.54. The second-order valence-electron chi connectivity index (χ2n) is 5.72. The quantitative estimate of drug-likeness (QED) is 0.570. The molecule has 0 aliphatic carbocycles. The van der Waals surface area contributed by atoms with Crippen LogP contribution in [0.3, 0.4) is 0 Å². The molecule has 0 saturated carbocycles. The largest absolute Gasteiger partial charge is 0.309 e. The maximum absolute atomic E-state index is 4.34. The molecule has 2 atom stereocenters. The van der Waals surface area contributed by atoms with E-state index in [2.05, 4.69) is 67.8 Å². The van der Waals surface area contributed by atoms with Crippen LogP contribution < -0.4 is 0 Å². The smallest absolute Gasteiger partial charge is 0.0895 e. The highest BCUT2D eigenvalue weighted by molar-refractivity contribution is 5.41. The molecule has 0 fully saturated rings. The highest BCUT2D eigenvalue weighted by Gasteiger charge is 2.06. The van der Waals surface area contributed by atoms with E-state index in [1.807, 2.05) is 0 Å². The predicted molar refractivity (Wildman–Crippen MR) is 84.4 cm³/mol. The van der Waals surface area contributed by atoms with E-state index in [4.69, 9.17) is 0 Å². The van der Waals surface area contributed by atoms with Gasteiger partial charge >= 0.3 is 0 Å². The summed E-state index contributed by atoms with van der Waals surface area (Å²) < 4.78 is 0. The van der Waals surface area contributed by atoms with Crippen molar-refractivity contribution in [2.24, 2.45) is 9.98 Å². The molecule has 2 unspecified atom stereocenters. The van der Waals surface area contributed by atoms with E-state index in [0.717, 1.165) is 25.9 Å². The van der Waals surface area contributed by atoms with Crippen molar-refractivity contribution < 1.29 is 0 Å². The molecule has 19 heavy (non-hydrogen) atoms. The monoisotopic (exact) mass is 268 g/mol. The minimum absolute atomic E-state index is 0.333. The van der Waals surface area contributed by atoms with E-state index in [1.165, 1.54) is 12.8 Å². The lowest BCUT2D eigenvalue weighted by Gasteiger charge is -2.21. The van der Waals surface area contributed by atoms with Crippen LogP contribution in [0.1, 0.15) is 39.5 Å². The van der Waals surface area contributed by atoms with E-state index in [9.17, 15) is 0 Å². The molecule has 0 N–H and O–H groups in total. The summed E-state index contributed by atoms with van der Waals surface area (Å²) in [5.41, 5.74) is 0. The predicted octanol–water partition coefficient (Wildman–Crippen LogP) is 2.62. The molecule has 0 amide bonds. The molecule has 0 saturated heterocycles. The number of aliphatic imine (C=N–C) groups is 2. The van der Waals surface area contributed by atoms with Gasteiger partial charge in [0.05, 0.1) is 18.6 Å². The molecular weight excluding hydrogens is 236 g/mol. The molecule has 0 aromatic heterocycles. The Hall–Kier alpha value is -0.700. The highest BCUT2D eigenvalue weighted by Crippen LogP contribution is 2.04. The molecule has 0 aliphatic rings. The van der Waals surface area contributed by atoms with E-state index in [-0.39, 0.29) is 0 Å². The Morgan fingerprint density at radius 2 is 1.79 bits per heavy atom. The Balaban J connectivity index is 3.82. The molecule has 0 bridgehead atoms. The van der Waals surface area contributed by atoms with Crippen LogP contribution in [0.25, 0.3) is 0 Å². The third kappa shape index (κ3) is 10.9.